The Bertz CT molecular complexity index is 959. The molecule has 174 valence electrons. The predicted molar refractivity (Wildman–Crippen MR) is 133 cm³/mol. The van der Waals surface area contributed by atoms with E-state index in [1.807, 2.05) is 48.7 Å². The third kappa shape index (κ3) is 6.56. The van der Waals surface area contributed by atoms with E-state index in [0.717, 1.165) is 50.0 Å². The van der Waals surface area contributed by atoms with Crippen molar-refractivity contribution < 1.29 is 9.47 Å². The molecule has 5 heteroatoms. The minimum Gasteiger partial charge on any atom is -0.497 e. The van der Waals surface area contributed by atoms with Crippen molar-refractivity contribution >= 4 is 0 Å². The summed E-state index contributed by atoms with van der Waals surface area (Å²) in [5.74, 6) is 2.51. The summed E-state index contributed by atoms with van der Waals surface area (Å²) in [7, 11) is 3.94. The molecule has 1 atom stereocenters. The lowest BCUT2D eigenvalue weighted by atomic mass is 9.94. The number of piperidine rings is 1. The average Bonchev–Trinajstić information content (AvgIpc) is 2.87. The first-order chi connectivity index (χ1) is 16.2. The van der Waals surface area contributed by atoms with Gasteiger partial charge in [0.1, 0.15) is 18.1 Å². The summed E-state index contributed by atoms with van der Waals surface area (Å²) >= 11 is 0. The summed E-state index contributed by atoms with van der Waals surface area (Å²) < 4.78 is 11.4. The maximum Gasteiger partial charge on any atom is 0.119 e. The third-order valence-electron chi connectivity index (χ3n) is 6.49. The second kappa shape index (κ2) is 11.8. The van der Waals surface area contributed by atoms with Crippen molar-refractivity contribution in [3.63, 3.8) is 0 Å². The Morgan fingerprint density at radius 2 is 1.73 bits per heavy atom. The van der Waals surface area contributed by atoms with E-state index in [2.05, 4.69) is 47.2 Å². The minimum absolute atomic E-state index is 0.110. The smallest absolute Gasteiger partial charge is 0.119 e. The molecule has 0 aliphatic carbocycles. The molecule has 2 heterocycles. The first kappa shape index (κ1) is 23.3. The minimum atomic E-state index is 0.110. The summed E-state index contributed by atoms with van der Waals surface area (Å²) in [5.41, 5.74) is 2.29. The van der Waals surface area contributed by atoms with Gasteiger partial charge in [-0.15, -0.1) is 0 Å². The maximum atomic E-state index is 5.88. The molecule has 1 aromatic heterocycles. The monoisotopic (exact) mass is 445 g/mol. The largest absolute Gasteiger partial charge is 0.497 e. The molecule has 1 unspecified atom stereocenters. The molecular formula is C28H35N3O2. The molecule has 3 aromatic rings. The first-order valence-electron chi connectivity index (χ1n) is 11.9. The summed E-state index contributed by atoms with van der Waals surface area (Å²) in [5, 5.41) is 0. The lowest BCUT2D eigenvalue weighted by Gasteiger charge is -2.36. The standard InChI is InChI=1S/C28H35N3O2/c1-30(28(27-13-6-7-16-29-27)24-9-8-12-26(21-24)32-2)22-23-14-17-31(18-15-23)19-20-33-25-10-4-3-5-11-25/h3-13,16,21,23,28H,14-15,17-20,22H2,1-2H3. The van der Waals surface area contributed by atoms with Crippen molar-refractivity contribution in [3.05, 3.63) is 90.3 Å². The second-order valence-corrected chi connectivity index (χ2v) is 8.82. The van der Waals surface area contributed by atoms with Crippen molar-refractivity contribution in [1.82, 2.24) is 14.8 Å². The average molecular weight is 446 g/mol. The molecule has 1 saturated heterocycles. The highest BCUT2D eigenvalue weighted by Gasteiger charge is 2.26. The number of likely N-dealkylation sites (tertiary alicyclic amines) is 1. The summed E-state index contributed by atoms with van der Waals surface area (Å²) in [6.07, 6.45) is 4.30. The third-order valence-corrected chi connectivity index (χ3v) is 6.49. The molecule has 5 nitrogen and oxygen atoms in total. The number of ether oxygens (including phenoxy) is 2. The van der Waals surface area contributed by atoms with Crippen molar-refractivity contribution in [2.75, 3.05) is 46.9 Å². The van der Waals surface area contributed by atoms with E-state index in [0.29, 0.717) is 5.92 Å². The molecule has 0 amide bonds. The number of nitrogens with zero attached hydrogens (tertiary/aromatic N) is 3. The Morgan fingerprint density at radius 3 is 2.45 bits per heavy atom. The predicted octanol–water partition coefficient (Wildman–Crippen LogP) is 4.90. The van der Waals surface area contributed by atoms with Crippen LogP contribution in [0.4, 0.5) is 0 Å². The maximum absolute atomic E-state index is 5.88. The SMILES string of the molecule is COc1cccc(C(c2ccccn2)N(C)CC2CCN(CCOc3ccccc3)CC2)c1. The summed E-state index contributed by atoms with van der Waals surface area (Å²) in [4.78, 5) is 9.67. The highest BCUT2D eigenvalue weighted by molar-refractivity contribution is 5.34. The molecule has 0 bridgehead atoms. The molecule has 0 radical (unpaired) electrons. The van der Waals surface area contributed by atoms with Gasteiger partial charge in [-0.1, -0.05) is 36.4 Å². The van der Waals surface area contributed by atoms with E-state index in [1.54, 1.807) is 7.11 Å². The quantitative estimate of drug-likeness (QED) is 0.444. The zero-order valence-corrected chi connectivity index (χ0v) is 19.8. The van der Waals surface area contributed by atoms with E-state index in [9.17, 15) is 0 Å². The van der Waals surface area contributed by atoms with Gasteiger partial charge in [-0.2, -0.15) is 0 Å². The van der Waals surface area contributed by atoms with Crippen molar-refractivity contribution in [2.45, 2.75) is 18.9 Å². The van der Waals surface area contributed by atoms with Crippen LogP contribution >= 0.6 is 0 Å². The Morgan fingerprint density at radius 1 is 0.970 bits per heavy atom. The van der Waals surface area contributed by atoms with Crippen LogP contribution in [0.3, 0.4) is 0 Å². The lowest BCUT2D eigenvalue weighted by molar-refractivity contribution is 0.127. The van der Waals surface area contributed by atoms with Gasteiger partial charge in [-0.05, 0) is 80.9 Å². The zero-order valence-electron chi connectivity index (χ0n) is 19.8. The Kier molecular flexibility index (Phi) is 8.34. The molecule has 4 rings (SSSR count). The van der Waals surface area contributed by atoms with Gasteiger partial charge in [-0.3, -0.25) is 14.8 Å². The van der Waals surface area contributed by atoms with E-state index < -0.39 is 0 Å². The molecule has 0 N–H and O–H groups in total. The van der Waals surface area contributed by atoms with Gasteiger partial charge in [0.15, 0.2) is 0 Å². The molecule has 1 aliphatic heterocycles. The summed E-state index contributed by atoms with van der Waals surface area (Å²) in [6, 6.07) is 24.7. The van der Waals surface area contributed by atoms with Gasteiger partial charge < -0.3 is 9.47 Å². The number of benzene rings is 2. The van der Waals surface area contributed by atoms with Crippen LogP contribution in [0.1, 0.15) is 30.1 Å². The van der Waals surface area contributed by atoms with Crippen LogP contribution in [0, 0.1) is 5.92 Å². The highest BCUT2D eigenvalue weighted by Crippen LogP contribution is 2.30. The van der Waals surface area contributed by atoms with Gasteiger partial charge in [0, 0.05) is 19.3 Å². The van der Waals surface area contributed by atoms with E-state index in [1.165, 1.54) is 18.4 Å². The van der Waals surface area contributed by atoms with E-state index in [4.69, 9.17) is 14.5 Å². The Balaban J connectivity index is 1.32. The van der Waals surface area contributed by atoms with Crippen LogP contribution in [0.25, 0.3) is 0 Å². The van der Waals surface area contributed by atoms with Crippen molar-refractivity contribution in [1.29, 1.82) is 0 Å². The molecule has 1 aliphatic rings. The van der Waals surface area contributed by atoms with Crippen LogP contribution < -0.4 is 9.47 Å². The summed E-state index contributed by atoms with van der Waals surface area (Å²) in [6.45, 7) is 5.03. The highest BCUT2D eigenvalue weighted by atomic mass is 16.5. The van der Waals surface area contributed by atoms with Gasteiger partial charge in [-0.25, -0.2) is 0 Å². The van der Waals surface area contributed by atoms with Gasteiger partial charge >= 0.3 is 0 Å². The van der Waals surface area contributed by atoms with E-state index in [-0.39, 0.29) is 6.04 Å². The number of para-hydroxylation sites is 1. The fourth-order valence-electron chi connectivity index (χ4n) is 4.71. The Labute approximate surface area is 198 Å². The van der Waals surface area contributed by atoms with Crippen molar-refractivity contribution in [3.8, 4) is 11.5 Å². The first-order valence-corrected chi connectivity index (χ1v) is 11.9. The van der Waals surface area contributed by atoms with Gasteiger partial charge in [0.25, 0.3) is 0 Å². The second-order valence-electron chi connectivity index (χ2n) is 8.82. The number of methoxy groups -OCH3 is 1. The number of hydrogen-bond acceptors (Lipinski definition) is 5. The molecular weight excluding hydrogens is 410 g/mol. The van der Waals surface area contributed by atoms with Crippen LogP contribution in [-0.2, 0) is 0 Å². The van der Waals surface area contributed by atoms with Gasteiger partial charge in [0.05, 0.1) is 18.8 Å². The molecule has 0 spiro atoms. The Hall–Kier alpha value is -2.89. The normalized spacial score (nSPS) is 16.0. The molecule has 0 saturated carbocycles. The number of rotatable bonds is 10. The molecule has 2 aromatic carbocycles. The van der Waals surface area contributed by atoms with Crippen LogP contribution in [0.2, 0.25) is 0 Å². The topological polar surface area (TPSA) is 37.8 Å². The number of pyridine rings is 1. The van der Waals surface area contributed by atoms with Crippen LogP contribution in [-0.4, -0.2) is 61.7 Å². The number of hydrogen-bond donors (Lipinski definition) is 0. The lowest BCUT2D eigenvalue weighted by Crippen LogP contribution is -2.40. The fourth-order valence-corrected chi connectivity index (χ4v) is 4.71. The molecule has 1 fully saturated rings. The van der Waals surface area contributed by atoms with E-state index >= 15 is 0 Å². The zero-order chi connectivity index (χ0) is 22.9. The number of aromatic nitrogens is 1. The molecule has 33 heavy (non-hydrogen) atoms. The van der Waals surface area contributed by atoms with Crippen LogP contribution in [0.5, 0.6) is 11.5 Å². The fraction of sp³-hybridized carbons (Fsp3) is 0.393. The van der Waals surface area contributed by atoms with Crippen molar-refractivity contribution in [2.24, 2.45) is 5.92 Å². The van der Waals surface area contributed by atoms with Crippen LogP contribution in [0.15, 0.2) is 79.0 Å². The van der Waals surface area contributed by atoms with Gasteiger partial charge in [0.2, 0.25) is 0 Å².